The largest absolute Gasteiger partial charge is 0.326 e. The minimum Gasteiger partial charge on any atom is -0.326 e. The van der Waals surface area contributed by atoms with Crippen LogP contribution in [-0.2, 0) is 11.2 Å². The number of halogens is 1. The molecule has 0 aliphatic carbocycles. The number of aryl methyl sites for hydroxylation is 1. The third-order valence-corrected chi connectivity index (χ3v) is 3.89. The van der Waals surface area contributed by atoms with Gasteiger partial charge in [0.05, 0.1) is 5.69 Å². The average Bonchev–Trinajstić information content (AvgIpc) is 2.92. The first kappa shape index (κ1) is 17.0. The van der Waals surface area contributed by atoms with Crippen LogP contribution in [0.5, 0.6) is 0 Å². The number of carbonyl (C=O) groups excluding carboxylic acids is 2. The second kappa shape index (κ2) is 6.94. The van der Waals surface area contributed by atoms with Crippen LogP contribution in [0.25, 0.3) is 5.65 Å². The maximum absolute atomic E-state index is 12.8. The van der Waals surface area contributed by atoms with E-state index in [0.29, 0.717) is 39.9 Å². The smallest absolute Gasteiger partial charge is 0.274 e. The third kappa shape index (κ3) is 3.64. The number of rotatable bonds is 4. The van der Waals surface area contributed by atoms with Crippen LogP contribution in [0.2, 0.25) is 5.02 Å². The molecule has 0 saturated carbocycles. The molecule has 128 valence electrons. The van der Waals surface area contributed by atoms with Gasteiger partial charge < -0.3 is 10.6 Å². The fraction of sp³-hybridized carbons (Fsp3) is 0.167. The van der Waals surface area contributed by atoms with Crippen molar-refractivity contribution in [2.24, 2.45) is 0 Å². The lowest BCUT2D eigenvalue weighted by Crippen LogP contribution is -2.16. The summed E-state index contributed by atoms with van der Waals surface area (Å²) >= 11 is 6.00. The van der Waals surface area contributed by atoms with Gasteiger partial charge in [-0.25, -0.2) is 4.98 Å². The van der Waals surface area contributed by atoms with Gasteiger partial charge in [0.2, 0.25) is 5.91 Å². The molecule has 0 atom stereocenters. The fourth-order valence-electron chi connectivity index (χ4n) is 2.62. The molecule has 1 aromatic carbocycles. The SMILES string of the molecule is CCc1nc2cc(Cl)ccn2c1C(=O)Nc1cccc(NC(C)=O)c1. The van der Waals surface area contributed by atoms with E-state index in [-0.39, 0.29) is 11.8 Å². The summed E-state index contributed by atoms with van der Waals surface area (Å²) in [6.45, 7) is 3.37. The summed E-state index contributed by atoms with van der Waals surface area (Å²) in [5, 5.41) is 6.11. The zero-order valence-corrected chi connectivity index (χ0v) is 14.6. The van der Waals surface area contributed by atoms with Crippen LogP contribution in [0.15, 0.2) is 42.6 Å². The molecule has 0 unspecified atom stereocenters. The molecule has 3 rings (SSSR count). The van der Waals surface area contributed by atoms with Crippen molar-refractivity contribution in [3.8, 4) is 0 Å². The van der Waals surface area contributed by atoms with Crippen LogP contribution in [-0.4, -0.2) is 21.2 Å². The van der Waals surface area contributed by atoms with E-state index in [1.165, 1.54) is 6.92 Å². The Kier molecular flexibility index (Phi) is 4.72. The summed E-state index contributed by atoms with van der Waals surface area (Å²) in [6, 6.07) is 10.4. The molecule has 0 aliphatic rings. The van der Waals surface area contributed by atoms with Crippen molar-refractivity contribution in [3.05, 3.63) is 59.0 Å². The number of pyridine rings is 1. The zero-order valence-electron chi connectivity index (χ0n) is 13.8. The number of benzene rings is 1. The van der Waals surface area contributed by atoms with Gasteiger partial charge in [-0.3, -0.25) is 14.0 Å². The fourth-order valence-corrected chi connectivity index (χ4v) is 2.78. The number of carbonyl (C=O) groups is 2. The summed E-state index contributed by atoms with van der Waals surface area (Å²) < 4.78 is 1.72. The van der Waals surface area contributed by atoms with Crippen LogP contribution < -0.4 is 10.6 Å². The van der Waals surface area contributed by atoms with Gasteiger partial charge in [-0.05, 0) is 30.7 Å². The Hall–Kier alpha value is -2.86. The normalized spacial score (nSPS) is 10.7. The maximum Gasteiger partial charge on any atom is 0.274 e. The molecular weight excluding hydrogens is 340 g/mol. The first-order valence-corrected chi connectivity index (χ1v) is 8.21. The molecule has 6 nitrogen and oxygen atoms in total. The van der Waals surface area contributed by atoms with E-state index in [0.717, 1.165) is 0 Å². The van der Waals surface area contributed by atoms with Gasteiger partial charge in [0, 0.05) is 35.6 Å². The van der Waals surface area contributed by atoms with E-state index in [2.05, 4.69) is 15.6 Å². The summed E-state index contributed by atoms with van der Waals surface area (Å²) in [4.78, 5) is 28.4. The highest BCUT2D eigenvalue weighted by Crippen LogP contribution is 2.20. The molecule has 0 spiro atoms. The molecule has 2 N–H and O–H groups in total. The van der Waals surface area contributed by atoms with Gasteiger partial charge in [0.1, 0.15) is 11.3 Å². The minimum atomic E-state index is -0.272. The van der Waals surface area contributed by atoms with E-state index in [1.54, 1.807) is 47.0 Å². The Labute approximate surface area is 149 Å². The predicted octanol–water partition coefficient (Wildman–Crippen LogP) is 3.76. The summed E-state index contributed by atoms with van der Waals surface area (Å²) in [6.07, 6.45) is 2.35. The molecule has 0 fully saturated rings. The standard InChI is InChI=1S/C18H17ClN4O2/c1-3-15-17(23-8-7-12(19)9-16(23)22-15)18(25)21-14-6-4-5-13(10-14)20-11(2)24/h4-10H,3H2,1-2H3,(H,20,24)(H,21,25). The van der Waals surface area contributed by atoms with Crippen molar-refractivity contribution in [1.29, 1.82) is 0 Å². The van der Waals surface area contributed by atoms with Crippen molar-refractivity contribution in [1.82, 2.24) is 9.38 Å². The Morgan fingerprint density at radius 3 is 2.56 bits per heavy atom. The van der Waals surface area contributed by atoms with Crippen LogP contribution >= 0.6 is 11.6 Å². The van der Waals surface area contributed by atoms with Gasteiger partial charge in [-0.2, -0.15) is 0 Å². The number of anilines is 2. The lowest BCUT2D eigenvalue weighted by atomic mass is 10.2. The van der Waals surface area contributed by atoms with Crippen LogP contribution in [0.1, 0.15) is 30.0 Å². The number of aromatic nitrogens is 2. The van der Waals surface area contributed by atoms with Gasteiger partial charge in [-0.1, -0.05) is 24.6 Å². The number of nitrogens with one attached hydrogen (secondary N) is 2. The van der Waals surface area contributed by atoms with Gasteiger partial charge in [0.15, 0.2) is 0 Å². The van der Waals surface area contributed by atoms with Crippen molar-refractivity contribution >= 4 is 40.4 Å². The second-order valence-corrected chi connectivity index (χ2v) is 5.99. The lowest BCUT2D eigenvalue weighted by molar-refractivity contribution is -0.114. The first-order chi connectivity index (χ1) is 12.0. The predicted molar refractivity (Wildman–Crippen MR) is 98.3 cm³/mol. The van der Waals surface area contributed by atoms with E-state index in [4.69, 9.17) is 11.6 Å². The molecule has 2 amide bonds. The summed E-state index contributed by atoms with van der Waals surface area (Å²) in [5.74, 6) is -0.443. The van der Waals surface area contributed by atoms with Crippen molar-refractivity contribution in [2.45, 2.75) is 20.3 Å². The number of fused-ring (bicyclic) bond motifs is 1. The maximum atomic E-state index is 12.8. The van der Waals surface area contributed by atoms with E-state index >= 15 is 0 Å². The summed E-state index contributed by atoms with van der Waals surface area (Å²) in [5.41, 5.74) is 2.99. The van der Waals surface area contributed by atoms with Crippen LogP contribution in [0, 0.1) is 0 Å². The highest BCUT2D eigenvalue weighted by Gasteiger charge is 2.18. The molecule has 0 saturated heterocycles. The molecule has 0 bridgehead atoms. The number of hydrogen-bond donors (Lipinski definition) is 2. The molecule has 7 heteroatoms. The molecule has 3 aromatic rings. The monoisotopic (exact) mass is 356 g/mol. The van der Waals surface area contributed by atoms with Gasteiger partial charge >= 0.3 is 0 Å². The van der Waals surface area contributed by atoms with Gasteiger partial charge in [-0.15, -0.1) is 0 Å². The van der Waals surface area contributed by atoms with E-state index in [1.807, 2.05) is 6.92 Å². The lowest BCUT2D eigenvalue weighted by Gasteiger charge is -2.09. The minimum absolute atomic E-state index is 0.171. The zero-order chi connectivity index (χ0) is 18.0. The van der Waals surface area contributed by atoms with Crippen molar-refractivity contribution in [2.75, 3.05) is 10.6 Å². The van der Waals surface area contributed by atoms with Crippen LogP contribution in [0.3, 0.4) is 0 Å². The number of amides is 2. The molecular formula is C18H17ClN4O2. The number of imidazole rings is 1. The highest BCUT2D eigenvalue weighted by molar-refractivity contribution is 6.30. The molecule has 2 heterocycles. The van der Waals surface area contributed by atoms with Gasteiger partial charge in [0.25, 0.3) is 5.91 Å². The molecule has 0 aliphatic heterocycles. The van der Waals surface area contributed by atoms with Crippen LogP contribution in [0.4, 0.5) is 11.4 Å². The highest BCUT2D eigenvalue weighted by atomic mass is 35.5. The quantitative estimate of drug-likeness (QED) is 0.747. The Morgan fingerprint density at radius 2 is 1.88 bits per heavy atom. The van der Waals surface area contributed by atoms with E-state index < -0.39 is 0 Å². The van der Waals surface area contributed by atoms with E-state index in [9.17, 15) is 9.59 Å². The third-order valence-electron chi connectivity index (χ3n) is 3.65. The Balaban J connectivity index is 1.94. The molecule has 0 radical (unpaired) electrons. The Morgan fingerprint density at radius 1 is 1.16 bits per heavy atom. The summed E-state index contributed by atoms with van der Waals surface area (Å²) in [7, 11) is 0. The second-order valence-electron chi connectivity index (χ2n) is 5.55. The average molecular weight is 357 g/mol. The Bertz CT molecular complexity index is 965. The first-order valence-electron chi connectivity index (χ1n) is 7.83. The number of nitrogens with zero attached hydrogens (tertiary/aromatic N) is 2. The topological polar surface area (TPSA) is 75.5 Å². The molecule has 25 heavy (non-hydrogen) atoms. The molecule has 2 aromatic heterocycles. The van der Waals surface area contributed by atoms with Crippen molar-refractivity contribution in [3.63, 3.8) is 0 Å². The van der Waals surface area contributed by atoms with Crippen molar-refractivity contribution < 1.29 is 9.59 Å². The number of hydrogen-bond acceptors (Lipinski definition) is 3.